The molecule has 0 aromatic heterocycles. The first kappa shape index (κ1) is 9.27. The molecule has 0 spiro atoms. The van der Waals surface area contributed by atoms with Gasteiger partial charge in [0.1, 0.15) is 0 Å². The van der Waals surface area contributed by atoms with Crippen molar-refractivity contribution in [2.45, 2.75) is 13.8 Å². The Kier molecular flexibility index (Phi) is 2.65. The Labute approximate surface area is 76.9 Å². The number of benzene rings is 1. The first-order valence-corrected chi connectivity index (χ1v) is 3.88. The monoisotopic (exact) mass is 174 g/mol. The van der Waals surface area contributed by atoms with Gasteiger partial charge in [-0.1, -0.05) is 11.2 Å². The Morgan fingerprint density at radius 1 is 1.46 bits per heavy atom. The molecule has 66 valence electrons. The van der Waals surface area contributed by atoms with Crippen LogP contribution in [0.2, 0.25) is 0 Å². The van der Waals surface area contributed by atoms with Crippen LogP contribution in [0, 0.1) is 25.2 Å². The van der Waals surface area contributed by atoms with Gasteiger partial charge in [-0.15, -0.1) is 0 Å². The first-order chi connectivity index (χ1) is 6.19. The Morgan fingerprint density at radius 3 is 2.69 bits per heavy atom. The lowest BCUT2D eigenvalue weighted by atomic mass is 10.0. The van der Waals surface area contributed by atoms with Gasteiger partial charge in [-0.05, 0) is 36.6 Å². The van der Waals surface area contributed by atoms with Crippen molar-refractivity contribution in [2.75, 3.05) is 0 Å². The summed E-state index contributed by atoms with van der Waals surface area (Å²) in [5, 5.41) is 20.0. The molecule has 1 aromatic carbocycles. The van der Waals surface area contributed by atoms with Crippen LogP contribution in [0.3, 0.4) is 0 Å². The fourth-order valence-electron chi connectivity index (χ4n) is 1.14. The van der Waals surface area contributed by atoms with E-state index in [2.05, 4.69) is 11.2 Å². The molecule has 0 saturated heterocycles. The number of hydrogen-bond acceptors (Lipinski definition) is 3. The van der Waals surface area contributed by atoms with Gasteiger partial charge in [0.05, 0.1) is 17.8 Å². The maximum Gasteiger partial charge on any atom is 0.0994 e. The van der Waals surface area contributed by atoms with E-state index in [1.165, 1.54) is 6.21 Å². The van der Waals surface area contributed by atoms with Crippen LogP contribution < -0.4 is 0 Å². The van der Waals surface area contributed by atoms with Crippen molar-refractivity contribution in [3.8, 4) is 6.07 Å². The van der Waals surface area contributed by atoms with Crippen molar-refractivity contribution < 1.29 is 5.21 Å². The predicted octanol–water partition coefficient (Wildman–Crippen LogP) is 1.98. The summed E-state index contributed by atoms with van der Waals surface area (Å²) in [6.45, 7) is 3.82. The lowest BCUT2D eigenvalue weighted by Crippen LogP contribution is -1.91. The second-order valence-electron chi connectivity index (χ2n) is 2.87. The second kappa shape index (κ2) is 3.72. The van der Waals surface area contributed by atoms with E-state index in [1.807, 2.05) is 19.9 Å². The van der Waals surface area contributed by atoms with E-state index in [-0.39, 0.29) is 0 Å². The zero-order valence-corrected chi connectivity index (χ0v) is 7.57. The SMILES string of the molecule is Cc1cc(/C=N/O)cc(C#N)c1C. The fourth-order valence-corrected chi connectivity index (χ4v) is 1.14. The molecule has 0 unspecified atom stereocenters. The first-order valence-electron chi connectivity index (χ1n) is 3.88. The van der Waals surface area contributed by atoms with E-state index in [9.17, 15) is 0 Å². The number of oxime groups is 1. The largest absolute Gasteiger partial charge is 0.411 e. The maximum absolute atomic E-state index is 8.78. The molecular formula is C10H10N2O. The molecule has 0 aliphatic carbocycles. The van der Waals surface area contributed by atoms with Crippen molar-refractivity contribution in [1.82, 2.24) is 0 Å². The quantitative estimate of drug-likeness (QED) is 0.402. The van der Waals surface area contributed by atoms with E-state index in [0.717, 1.165) is 16.7 Å². The second-order valence-corrected chi connectivity index (χ2v) is 2.87. The number of nitriles is 1. The molecule has 0 aliphatic rings. The highest BCUT2D eigenvalue weighted by Crippen LogP contribution is 2.14. The standard InChI is InChI=1S/C10H10N2O/c1-7-3-9(6-12-13)4-10(5-11)8(7)2/h3-4,6,13H,1-2H3/b12-6+. The zero-order chi connectivity index (χ0) is 9.84. The summed E-state index contributed by atoms with van der Waals surface area (Å²) < 4.78 is 0. The molecule has 13 heavy (non-hydrogen) atoms. The van der Waals surface area contributed by atoms with Gasteiger partial charge < -0.3 is 5.21 Å². The molecule has 0 amide bonds. The van der Waals surface area contributed by atoms with Crippen molar-refractivity contribution in [1.29, 1.82) is 5.26 Å². The average Bonchev–Trinajstić information content (AvgIpc) is 2.11. The van der Waals surface area contributed by atoms with Crippen LogP contribution in [-0.2, 0) is 0 Å². The molecule has 0 bridgehead atoms. The van der Waals surface area contributed by atoms with Gasteiger partial charge >= 0.3 is 0 Å². The highest BCUT2D eigenvalue weighted by atomic mass is 16.4. The van der Waals surface area contributed by atoms with Gasteiger partial charge in [0, 0.05) is 0 Å². The summed E-state index contributed by atoms with van der Waals surface area (Å²) >= 11 is 0. The van der Waals surface area contributed by atoms with E-state index >= 15 is 0 Å². The van der Waals surface area contributed by atoms with Gasteiger partial charge in [-0.25, -0.2) is 0 Å². The van der Waals surface area contributed by atoms with Crippen molar-refractivity contribution in [3.63, 3.8) is 0 Å². The van der Waals surface area contributed by atoms with E-state index < -0.39 is 0 Å². The number of aryl methyl sites for hydroxylation is 1. The molecule has 0 aliphatic heterocycles. The number of hydrogen-bond donors (Lipinski definition) is 1. The Hall–Kier alpha value is -1.82. The minimum Gasteiger partial charge on any atom is -0.411 e. The van der Waals surface area contributed by atoms with E-state index in [0.29, 0.717) is 5.56 Å². The highest BCUT2D eigenvalue weighted by molar-refractivity contribution is 5.80. The molecule has 0 heterocycles. The van der Waals surface area contributed by atoms with Crippen LogP contribution in [0.1, 0.15) is 22.3 Å². The van der Waals surface area contributed by atoms with Crippen LogP contribution in [0.25, 0.3) is 0 Å². The number of nitrogens with zero attached hydrogens (tertiary/aromatic N) is 2. The maximum atomic E-state index is 8.78. The minimum atomic E-state index is 0.620. The normalized spacial score (nSPS) is 10.2. The Balaban J connectivity index is 3.32. The van der Waals surface area contributed by atoms with E-state index in [4.69, 9.17) is 10.5 Å². The molecule has 0 atom stereocenters. The molecule has 1 rings (SSSR count). The predicted molar refractivity (Wildman–Crippen MR) is 50.0 cm³/mol. The van der Waals surface area contributed by atoms with Gasteiger partial charge in [0.15, 0.2) is 0 Å². The van der Waals surface area contributed by atoms with Gasteiger partial charge in [-0.3, -0.25) is 0 Å². The molecule has 3 nitrogen and oxygen atoms in total. The smallest absolute Gasteiger partial charge is 0.0994 e. The molecule has 0 saturated carbocycles. The van der Waals surface area contributed by atoms with Crippen molar-refractivity contribution >= 4 is 6.21 Å². The van der Waals surface area contributed by atoms with Crippen LogP contribution in [0.4, 0.5) is 0 Å². The van der Waals surface area contributed by atoms with Gasteiger partial charge in [0.2, 0.25) is 0 Å². The third kappa shape index (κ3) is 1.85. The van der Waals surface area contributed by atoms with Gasteiger partial charge in [-0.2, -0.15) is 5.26 Å². The molecule has 1 N–H and O–H groups in total. The summed E-state index contributed by atoms with van der Waals surface area (Å²) in [6, 6.07) is 5.66. The molecule has 0 radical (unpaired) electrons. The van der Waals surface area contributed by atoms with Crippen LogP contribution in [0.15, 0.2) is 17.3 Å². The Morgan fingerprint density at radius 2 is 2.15 bits per heavy atom. The van der Waals surface area contributed by atoms with E-state index in [1.54, 1.807) is 6.07 Å². The minimum absolute atomic E-state index is 0.620. The van der Waals surface area contributed by atoms with Crippen LogP contribution in [-0.4, -0.2) is 11.4 Å². The third-order valence-electron chi connectivity index (χ3n) is 2.02. The molecule has 0 fully saturated rings. The summed E-state index contributed by atoms with van der Waals surface area (Å²) in [4.78, 5) is 0. The molecule has 1 aromatic rings. The summed E-state index contributed by atoms with van der Waals surface area (Å²) in [6.07, 6.45) is 1.31. The highest BCUT2D eigenvalue weighted by Gasteiger charge is 2.02. The van der Waals surface area contributed by atoms with Gasteiger partial charge in [0.25, 0.3) is 0 Å². The molecule has 3 heteroatoms. The van der Waals surface area contributed by atoms with Crippen molar-refractivity contribution in [3.05, 3.63) is 34.4 Å². The topological polar surface area (TPSA) is 56.4 Å². The van der Waals surface area contributed by atoms with Crippen LogP contribution in [0.5, 0.6) is 0 Å². The lowest BCUT2D eigenvalue weighted by Gasteiger charge is -2.03. The Bertz CT molecular complexity index is 389. The fraction of sp³-hybridized carbons (Fsp3) is 0.200. The summed E-state index contributed by atoms with van der Waals surface area (Å²) in [5.74, 6) is 0. The molecular weight excluding hydrogens is 164 g/mol. The van der Waals surface area contributed by atoms with Crippen molar-refractivity contribution in [2.24, 2.45) is 5.16 Å². The zero-order valence-electron chi connectivity index (χ0n) is 7.57. The lowest BCUT2D eigenvalue weighted by molar-refractivity contribution is 0.322. The van der Waals surface area contributed by atoms with Crippen LogP contribution >= 0.6 is 0 Å². The average molecular weight is 174 g/mol. The summed E-state index contributed by atoms with van der Waals surface area (Å²) in [5.41, 5.74) is 3.35. The summed E-state index contributed by atoms with van der Waals surface area (Å²) in [7, 11) is 0. The number of rotatable bonds is 1. The third-order valence-corrected chi connectivity index (χ3v) is 2.02.